The van der Waals surface area contributed by atoms with Crippen molar-refractivity contribution in [2.24, 2.45) is 0 Å². The molecule has 0 unspecified atom stereocenters. The lowest BCUT2D eigenvalue weighted by Crippen LogP contribution is -2.03. The minimum absolute atomic E-state index is 0.201. The van der Waals surface area contributed by atoms with E-state index in [1.165, 1.54) is 58.3 Å². The van der Waals surface area contributed by atoms with Gasteiger partial charge in [-0.05, 0) is 13.3 Å². The predicted octanol–water partition coefficient (Wildman–Crippen LogP) is 3.99. The Morgan fingerprint density at radius 1 is 0.846 bits per heavy atom. The Kier molecular flexibility index (Phi) is 19.0. The Bertz CT molecular complexity index is 484. The van der Waals surface area contributed by atoms with E-state index in [-0.39, 0.29) is 5.75 Å². The van der Waals surface area contributed by atoms with Crippen molar-refractivity contribution in [3.63, 3.8) is 0 Å². The highest BCUT2D eigenvalue weighted by atomic mass is 32.2. The molecule has 8 heteroatoms. The predicted molar refractivity (Wildman–Crippen MR) is 102 cm³/mol. The zero-order chi connectivity index (χ0) is 20.3. The average Bonchev–Trinajstić information content (AvgIpc) is 2.57. The Morgan fingerprint density at radius 2 is 1.27 bits per heavy atom. The number of carboxylic acids is 1. The second-order valence-corrected chi connectivity index (χ2v) is 7.63. The molecule has 7 nitrogen and oxygen atoms in total. The number of carbonyl (C=O) groups is 2. The molecule has 0 radical (unpaired) electrons. The number of hydrogen-bond donors (Lipinski definition) is 2. The summed E-state index contributed by atoms with van der Waals surface area (Å²) in [5.41, 5.74) is 0. The van der Waals surface area contributed by atoms with Gasteiger partial charge in [0, 0.05) is 12.2 Å². The first-order valence-corrected chi connectivity index (χ1v) is 10.9. The van der Waals surface area contributed by atoms with Crippen LogP contribution >= 0.6 is 0 Å². The van der Waals surface area contributed by atoms with Gasteiger partial charge in [-0.15, -0.1) is 0 Å². The largest absolute Gasteiger partial charge is 0.478 e. The number of aliphatic carboxylic acids is 1. The van der Waals surface area contributed by atoms with Crippen LogP contribution in [-0.2, 0) is 24.4 Å². The molecule has 0 aromatic rings. The van der Waals surface area contributed by atoms with Crippen LogP contribution in [0.25, 0.3) is 0 Å². The van der Waals surface area contributed by atoms with Crippen molar-refractivity contribution >= 4 is 22.1 Å². The van der Waals surface area contributed by atoms with E-state index >= 15 is 0 Å². The first-order chi connectivity index (χ1) is 12.2. The third-order valence-electron chi connectivity index (χ3n) is 3.47. The van der Waals surface area contributed by atoms with E-state index in [0.717, 1.165) is 25.0 Å². The van der Waals surface area contributed by atoms with Crippen LogP contribution in [0, 0.1) is 0 Å². The van der Waals surface area contributed by atoms with E-state index in [1.54, 1.807) is 0 Å². The maximum absolute atomic E-state index is 11.0. The van der Waals surface area contributed by atoms with Gasteiger partial charge in [0.2, 0.25) is 0 Å². The van der Waals surface area contributed by atoms with Crippen molar-refractivity contribution < 1.29 is 32.4 Å². The van der Waals surface area contributed by atoms with E-state index in [0.29, 0.717) is 6.61 Å². The van der Waals surface area contributed by atoms with Crippen molar-refractivity contribution in [2.45, 2.75) is 78.1 Å². The lowest BCUT2D eigenvalue weighted by molar-refractivity contribution is -0.138. The summed E-state index contributed by atoms with van der Waals surface area (Å²) in [7, 11) is -3.66. The van der Waals surface area contributed by atoms with Crippen LogP contribution in [0.4, 0.5) is 0 Å². The maximum Gasteiger partial charge on any atom is 0.331 e. The van der Waals surface area contributed by atoms with Gasteiger partial charge in [-0.2, -0.15) is 8.42 Å². The number of ether oxygens (including phenoxy) is 1. The van der Waals surface area contributed by atoms with Crippen molar-refractivity contribution in [1.29, 1.82) is 0 Å². The number of carboxylic acid groups (broad SMARTS) is 1. The summed E-state index contributed by atoms with van der Waals surface area (Å²) in [5, 5.41) is 8.33. The highest BCUT2D eigenvalue weighted by Crippen LogP contribution is 2.10. The summed E-state index contributed by atoms with van der Waals surface area (Å²) in [6.45, 7) is 3.97. The lowest BCUT2D eigenvalue weighted by Gasteiger charge is -2.03. The fourth-order valence-corrected chi connectivity index (χ4v) is 1.95. The first kappa shape index (κ1) is 26.8. The molecule has 0 bridgehead atoms. The number of esters is 1. The third kappa shape index (κ3) is 27.4. The molecular formula is C18H34O7S. The molecule has 2 N–H and O–H groups in total. The molecule has 0 fully saturated rings. The van der Waals surface area contributed by atoms with E-state index in [4.69, 9.17) is 14.4 Å². The molecule has 0 aromatic carbocycles. The van der Waals surface area contributed by atoms with Crippen LogP contribution in [0.2, 0.25) is 0 Å². The highest BCUT2D eigenvalue weighted by Gasteiger charge is 1.98. The SMILES string of the molecule is CCCCCCCCCCCCOC(=O)/C=C\C(=O)O.CCS(=O)(=O)O. The normalized spacial score (nSPS) is 11.0. The van der Waals surface area contributed by atoms with Crippen molar-refractivity contribution in [3.8, 4) is 0 Å². The van der Waals surface area contributed by atoms with Gasteiger partial charge >= 0.3 is 11.9 Å². The summed E-state index contributed by atoms with van der Waals surface area (Å²) < 4.78 is 31.8. The van der Waals surface area contributed by atoms with Gasteiger partial charge in [0.25, 0.3) is 10.1 Å². The summed E-state index contributed by atoms with van der Waals surface area (Å²) >= 11 is 0. The molecule has 0 saturated carbocycles. The standard InChI is InChI=1S/C16H28O4.C2H6O3S/c1-2-3-4-5-6-7-8-9-10-11-14-20-16(19)13-12-15(17)18;1-2-6(3,4)5/h12-13H,2-11,14H2,1H3,(H,17,18);2H2,1H3,(H,3,4,5)/b13-12-;. The molecule has 0 atom stereocenters. The molecule has 0 aliphatic rings. The Morgan fingerprint density at radius 3 is 1.65 bits per heavy atom. The summed E-state index contributed by atoms with van der Waals surface area (Å²) in [6, 6.07) is 0. The minimum Gasteiger partial charge on any atom is -0.478 e. The fourth-order valence-electron chi connectivity index (χ4n) is 1.95. The zero-order valence-electron chi connectivity index (χ0n) is 16.0. The summed E-state index contributed by atoms with van der Waals surface area (Å²) in [4.78, 5) is 21.2. The van der Waals surface area contributed by atoms with Crippen molar-refractivity contribution in [3.05, 3.63) is 12.2 Å². The van der Waals surface area contributed by atoms with Crippen LogP contribution in [0.3, 0.4) is 0 Å². The summed E-state index contributed by atoms with van der Waals surface area (Å²) in [5.74, 6) is -1.92. The number of hydrogen-bond acceptors (Lipinski definition) is 5. The summed E-state index contributed by atoms with van der Waals surface area (Å²) in [6.07, 6.45) is 14.0. The molecule has 0 amide bonds. The van der Waals surface area contributed by atoms with Crippen LogP contribution in [0.15, 0.2) is 12.2 Å². The van der Waals surface area contributed by atoms with Gasteiger partial charge < -0.3 is 9.84 Å². The molecule has 0 aliphatic heterocycles. The van der Waals surface area contributed by atoms with Crippen LogP contribution in [0.1, 0.15) is 78.1 Å². The van der Waals surface area contributed by atoms with Crippen LogP contribution in [-0.4, -0.2) is 42.4 Å². The zero-order valence-corrected chi connectivity index (χ0v) is 16.8. The van der Waals surface area contributed by atoms with Gasteiger partial charge in [-0.3, -0.25) is 4.55 Å². The Labute approximate surface area is 157 Å². The van der Waals surface area contributed by atoms with E-state index in [2.05, 4.69) is 6.92 Å². The van der Waals surface area contributed by atoms with Gasteiger partial charge in [-0.25, -0.2) is 9.59 Å². The molecule has 154 valence electrons. The topological polar surface area (TPSA) is 118 Å². The number of unbranched alkanes of at least 4 members (excludes halogenated alkanes) is 9. The van der Waals surface area contributed by atoms with Gasteiger partial charge in [-0.1, -0.05) is 64.7 Å². The van der Waals surface area contributed by atoms with Crippen molar-refractivity contribution in [1.82, 2.24) is 0 Å². The lowest BCUT2D eigenvalue weighted by atomic mass is 10.1. The van der Waals surface area contributed by atoms with E-state index < -0.39 is 22.1 Å². The molecule has 0 aromatic heterocycles. The minimum atomic E-state index is -3.66. The van der Waals surface area contributed by atoms with Gasteiger partial charge in [0.05, 0.1) is 12.4 Å². The Balaban J connectivity index is 0. The Hall–Kier alpha value is -1.41. The number of carbonyl (C=O) groups excluding carboxylic acids is 1. The quantitative estimate of drug-likeness (QED) is 0.198. The fraction of sp³-hybridized carbons (Fsp3) is 0.778. The molecule has 0 spiro atoms. The molecule has 0 saturated heterocycles. The van der Waals surface area contributed by atoms with Gasteiger partial charge in [0.1, 0.15) is 0 Å². The molecular weight excluding hydrogens is 360 g/mol. The van der Waals surface area contributed by atoms with E-state index in [1.807, 2.05) is 0 Å². The smallest absolute Gasteiger partial charge is 0.331 e. The monoisotopic (exact) mass is 394 g/mol. The van der Waals surface area contributed by atoms with Crippen molar-refractivity contribution in [2.75, 3.05) is 12.4 Å². The maximum atomic E-state index is 11.0. The molecule has 0 rings (SSSR count). The molecule has 26 heavy (non-hydrogen) atoms. The molecule has 0 aliphatic carbocycles. The third-order valence-corrected chi connectivity index (χ3v) is 4.20. The van der Waals surface area contributed by atoms with E-state index in [9.17, 15) is 18.0 Å². The highest BCUT2D eigenvalue weighted by molar-refractivity contribution is 7.85. The second-order valence-electron chi connectivity index (χ2n) is 5.89. The number of rotatable bonds is 14. The average molecular weight is 395 g/mol. The second kappa shape index (κ2) is 18.4. The first-order valence-electron chi connectivity index (χ1n) is 9.25. The van der Waals surface area contributed by atoms with Crippen LogP contribution < -0.4 is 0 Å². The van der Waals surface area contributed by atoms with Gasteiger partial charge in [0.15, 0.2) is 0 Å². The van der Waals surface area contributed by atoms with Crippen LogP contribution in [0.5, 0.6) is 0 Å². The molecule has 0 heterocycles.